The van der Waals surface area contributed by atoms with E-state index in [2.05, 4.69) is 5.32 Å². The van der Waals surface area contributed by atoms with Crippen LogP contribution in [0.15, 0.2) is 23.0 Å². The minimum atomic E-state index is 0.0121. The zero-order chi connectivity index (χ0) is 12.1. The topological polar surface area (TPSA) is 45.5 Å². The first kappa shape index (κ1) is 12.0. The van der Waals surface area contributed by atoms with Gasteiger partial charge < -0.3 is 14.6 Å². The van der Waals surface area contributed by atoms with E-state index in [0.717, 1.165) is 18.4 Å². The molecule has 4 nitrogen and oxygen atoms in total. The summed E-state index contributed by atoms with van der Waals surface area (Å²) in [5, 5.41) is 3.09. The predicted molar refractivity (Wildman–Crippen MR) is 65.6 cm³/mol. The smallest absolute Gasteiger partial charge is 0.317 e. The van der Waals surface area contributed by atoms with Gasteiger partial charge in [0.25, 0.3) is 0 Å². The van der Waals surface area contributed by atoms with E-state index in [1.807, 2.05) is 13.1 Å². The van der Waals surface area contributed by atoms with Crippen LogP contribution in [-0.4, -0.2) is 24.0 Å². The Labute approximate surface area is 102 Å². The van der Waals surface area contributed by atoms with E-state index in [9.17, 15) is 4.79 Å². The number of carbonyl (C=O) groups excluding carboxylic acids is 1. The first-order valence-electron chi connectivity index (χ1n) is 6.28. The molecule has 1 aromatic rings. The number of nitrogens with one attached hydrogen (secondary N) is 1. The van der Waals surface area contributed by atoms with Crippen molar-refractivity contribution >= 4 is 6.03 Å². The highest BCUT2D eigenvalue weighted by Gasteiger charge is 2.17. The molecule has 0 saturated heterocycles. The highest BCUT2D eigenvalue weighted by Crippen LogP contribution is 2.17. The summed E-state index contributed by atoms with van der Waals surface area (Å²) in [4.78, 5) is 13.6. The molecule has 0 spiro atoms. The Morgan fingerprint density at radius 2 is 2.24 bits per heavy atom. The molecule has 0 atom stereocenters. The van der Waals surface area contributed by atoms with Crippen molar-refractivity contribution in [1.29, 1.82) is 0 Å². The van der Waals surface area contributed by atoms with E-state index in [4.69, 9.17) is 4.42 Å². The summed E-state index contributed by atoms with van der Waals surface area (Å²) in [5.74, 6) is 0. The lowest BCUT2D eigenvalue weighted by atomic mass is 9.96. The molecule has 94 valence electrons. The van der Waals surface area contributed by atoms with E-state index in [0.29, 0.717) is 12.6 Å². The molecule has 2 amide bonds. The quantitative estimate of drug-likeness (QED) is 0.877. The van der Waals surface area contributed by atoms with Crippen LogP contribution in [0.1, 0.15) is 37.7 Å². The molecule has 17 heavy (non-hydrogen) atoms. The average molecular weight is 236 g/mol. The van der Waals surface area contributed by atoms with Crippen LogP contribution in [0.5, 0.6) is 0 Å². The summed E-state index contributed by atoms with van der Waals surface area (Å²) in [7, 11) is 1.81. The summed E-state index contributed by atoms with van der Waals surface area (Å²) in [6, 6.07) is 2.26. The van der Waals surface area contributed by atoms with E-state index < -0.39 is 0 Å². The lowest BCUT2D eigenvalue weighted by Crippen LogP contribution is -2.43. The van der Waals surface area contributed by atoms with Crippen molar-refractivity contribution in [3.8, 4) is 0 Å². The van der Waals surface area contributed by atoms with Gasteiger partial charge in [0.1, 0.15) is 0 Å². The van der Waals surface area contributed by atoms with Gasteiger partial charge in [0, 0.05) is 18.7 Å². The number of carbonyl (C=O) groups is 1. The Morgan fingerprint density at radius 1 is 1.47 bits per heavy atom. The van der Waals surface area contributed by atoms with Gasteiger partial charge in [-0.05, 0) is 18.9 Å². The molecule has 0 aromatic carbocycles. The maximum absolute atomic E-state index is 11.9. The minimum absolute atomic E-state index is 0.0121. The van der Waals surface area contributed by atoms with Crippen LogP contribution in [0.3, 0.4) is 0 Å². The number of nitrogens with zero attached hydrogens (tertiary/aromatic N) is 1. The van der Waals surface area contributed by atoms with E-state index >= 15 is 0 Å². The third kappa shape index (κ3) is 3.51. The Bertz CT molecular complexity index is 342. The molecule has 0 aliphatic heterocycles. The number of furan rings is 1. The third-order valence-electron chi connectivity index (χ3n) is 3.28. The Hall–Kier alpha value is -1.45. The van der Waals surface area contributed by atoms with Gasteiger partial charge >= 0.3 is 6.03 Å². The number of hydrogen-bond donors (Lipinski definition) is 1. The molecule has 0 radical (unpaired) electrons. The van der Waals surface area contributed by atoms with Crippen molar-refractivity contribution in [3.05, 3.63) is 24.2 Å². The van der Waals surface area contributed by atoms with Crippen LogP contribution in [-0.2, 0) is 6.54 Å². The maximum atomic E-state index is 11.9. The van der Waals surface area contributed by atoms with Crippen LogP contribution < -0.4 is 5.32 Å². The number of rotatable bonds is 3. The molecule has 1 fully saturated rings. The van der Waals surface area contributed by atoms with Crippen LogP contribution in [0.4, 0.5) is 4.79 Å². The van der Waals surface area contributed by atoms with Crippen molar-refractivity contribution in [3.63, 3.8) is 0 Å². The first-order chi connectivity index (χ1) is 8.25. The van der Waals surface area contributed by atoms with Crippen LogP contribution >= 0.6 is 0 Å². The van der Waals surface area contributed by atoms with E-state index in [1.54, 1.807) is 17.4 Å². The minimum Gasteiger partial charge on any atom is -0.472 e. The molecular weight excluding hydrogens is 216 g/mol. The highest BCUT2D eigenvalue weighted by molar-refractivity contribution is 5.74. The largest absolute Gasteiger partial charge is 0.472 e. The molecule has 4 heteroatoms. The summed E-state index contributed by atoms with van der Waals surface area (Å²) < 4.78 is 4.99. The summed E-state index contributed by atoms with van der Waals surface area (Å²) >= 11 is 0. The average Bonchev–Trinajstić information content (AvgIpc) is 2.83. The van der Waals surface area contributed by atoms with Gasteiger partial charge in [0.15, 0.2) is 0 Å². The number of urea groups is 1. The zero-order valence-corrected chi connectivity index (χ0v) is 10.3. The molecule has 0 bridgehead atoms. The predicted octanol–water partition coefficient (Wildman–Crippen LogP) is 2.75. The van der Waals surface area contributed by atoms with E-state index in [-0.39, 0.29) is 6.03 Å². The SMILES string of the molecule is CN(Cc1ccoc1)C(=O)NC1CCCCC1. The van der Waals surface area contributed by atoms with Crippen LogP contribution in [0, 0.1) is 0 Å². The lowest BCUT2D eigenvalue weighted by molar-refractivity contribution is 0.198. The van der Waals surface area contributed by atoms with Gasteiger partial charge in [-0.3, -0.25) is 0 Å². The van der Waals surface area contributed by atoms with Crippen molar-refractivity contribution in [1.82, 2.24) is 10.2 Å². The Kier molecular flexibility index (Phi) is 4.07. The molecule has 1 N–H and O–H groups in total. The maximum Gasteiger partial charge on any atom is 0.317 e. The summed E-state index contributed by atoms with van der Waals surface area (Å²) in [6.45, 7) is 0.592. The van der Waals surface area contributed by atoms with Crippen molar-refractivity contribution in [2.45, 2.75) is 44.7 Å². The normalized spacial score (nSPS) is 16.8. The van der Waals surface area contributed by atoms with Crippen molar-refractivity contribution in [2.24, 2.45) is 0 Å². The van der Waals surface area contributed by atoms with Gasteiger partial charge in [-0.15, -0.1) is 0 Å². The fourth-order valence-electron chi connectivity index (χ4n) is 2.26. The summed E-state index contributed by atoms with van der Waals surface area (Å²) in [6.07, 6.45) is 9.30. The van der Waals surface area contributed by atoms with Crippen LogP contribution in [0.25, 0.3) is 0 Å². The first-order valence-corrected chi connectivity index (χ1v) is 6.28. The molecule has 1 saturated carbocycles. The Morgan fingerprint density at radius 3 is 2.88 bits per heavy atom. The zero-order valence-electron chi connectivity index (χ0n) is 10.3. The molecule has 1 heterocycles. The fourth-order valence-corrected chi connectivity index (χ4v) is 2.26. The molecule has 0 unspecified atom stereocenters. The second-order valence-electron chi connectivity index (χ2n) is 4.77. The highest BCUT2D eigenvalue weighted by atomic mass is 16.3. The number of hydrogen-bond acceptors (Lipinski definition) is 2. The van der Waals surface area contributed by atoms with Gasteiger partial charge in [-0.25, -0.2) is 4.79 Å². The molecule has 1 aliphatic rings. The second-order valence-corrected chi connectivity index (χ2v) is 4.77. The van der Waals surface area contributed by atoms with Crippen molar-refractivity contribution < 1.29 is 9.21 Å². The molecular formula is C13H20N2O2. The Balaban J connectivity index is 1.78. The fraction of sp³-hybridized carbons (Fsp3) is 0.615. The number of amides is 2. The standard InChI is InChI=1S/C13H20N2O2/c1-15(9-11-7-8-17-10-11)13(16)14-12-5-3-2-4-6-12/h7-8,10,12H,2-6,9H2,1H3,(H,14,16). The van der Waals surface area contributed by atoms with Gasteiger partial charge in [-0.2, -0.15) is 0 Å². The van der Waals surface area contributed by atoms with Gasteiger partial charge in [0.2, 0.25) is 0 Å². The van der Waals surface area contributed by atoms with Gasteiger partial charge in [-0.1, -0.05) is 19.3 Å². The monoisotopic (exact) mass is 236 g/mol. The molecule has 1 aliphatic carbocycles. The van der Waals surface area contributed by atoms with Crippen molar-refractivity contribution in [2.75, 3.05) is 7.05 Å². The second kappa shape index (κ2) is 5.75. The third-order valence-corrected chi connectivity index (χ3v) is 3.28. The summed E-state index contributed by atoms with van der Waals surface area (Å²) in [5.41, 5.74) is 1.02. The lowest BCUT2D eigenvalue weighted by Gasteiger charge is -2.26. The van der Waals surface area contributed by atoms with Gasteiger partial charge in [0.05, 0.1) is 19.1 Å². The van der Waals surface area contributed by atoms with E-state index in [1.165, 1.54) is 19.3 Å². The molecule has 2 rings (SSSR count). The molecule has 1 aromatic heterocycles. The van der Waals surface area contributed by atoms with Crippen LogP contribution in [0.2, 0.25) is 0 Å².